The van der Waals surface area contributed by atoms with Gasteiger partial charge in [0.25, 0.3) is 0 Å². The maximum absolute atomic E-state index is 12.3. The van der Waals surface area contributed by atoms with Gasteiger partial charge in [-0.1, -0.05) is 42.5 Å². The molecule has 0 saturated heterocycles. The molecule has 4 aromatic rings. The highest BCUT2D eigenvalue weighted by atomic mass is 16.4. The molecule has 4 rings (SSSR count). The van der Waals surface area contributed by atoms with Crippen LogP contribution in [0.15, 0.2) is 93.1 Å². The standard InChI is InChI=1S/C22H15NO3/c24-20-10-3-1-7-17(20)14-23-18-9-5-8-15(12-18)19-13-16-6-2-4-11-21(16)26-22(19)25/h1-14,24H. The van der Waals surface area contributed by atoms with Crippen LogP contribution < -0.4 is 5.63 Å². The fraction of sp³-hybridized carbons (Fsp3) is 0. The first-order valence-corrected chi connectivity index (χ1v) is 8.16. The van der Waals surface area contributed by atoms with Gasteiger partial charge in [0.05, 0.1) is 11.3 Å². The molecule has 126 valence electrons. The van der Waals surface area contributed by atoms with Gasteiger partial charge in [0.1, 0.15) is 11.3 Å². The van der Waals surface area contributed by atoms with E-state index < -0.39 is 0 Å². The Hall–Kier alpha value is -3.66. The molecule has 4 heteroatoms. The van der Waals surface area contributed by atoms with Crippen LogP contribution in [0, 0.1) is 0 Å². The molecule has 0 spiro atoms. The fourth-order valence-electron chi connectivity index (χ4n) is 2.76. The largest absolute Gasteiger partial charge is 0.507 e. The predicted molar refractivity (Wildman–Crippen MR) is 103 cm³/mol. The van der Waals surface area contributed by atoms with Crippen molar-refractivity contribution in [2.24, 2.45) is 4.99 Å². The second kappa shape index (κ2) is 6.69. The van der Waals surface area contributed by atoms with E-state index in [2.05, 4.69) is 4.99 Å². The number of benzene rings is 3. The number of phenols is 1. The van der Waals surface area contributed by atoms with Crippen molar-refractivity contribution in [1.29, 1.82) is 0 Å². The molecule has 4 nitrogen and oxygen atoms in total. The number of aromatic hydroxyl groups is 1. The highest BCUT2D eigenvalue weighted by Crippen LogP contribution is 2.25. The molecule has 0 unspecified atom stereocenters. The minimum atomic E-state index is -0.384. The number of hydrogen-bond acceptors (Lipinski definition) is 4. The molecule has 0 atom stereocenters. The average molecular weight is 341 g/mol. The third-order valence-corrected chi connectivity index (χ3v) is 4.09. The predicted octanol–water partition coefficient (Wildman–Crippen LogP) is 4.92. The number of hydrogen-bond donors (Lipinski definition) is 1. The lowest BCUT2D eigenvalue weighted by molar-refractivity contribution is 0.474. The number of para-hydroxylation sites is 2. The summed E-state index contributed by atoms with van der Waals surface area (Å²) in [6.45, 7) is 0. The summed E-state index contributed by atoms with van der Waals surface area (Å²) in [5, 5.41) is 10.7. The molecule has 0 radical (unpaired) electrons. The Kier molecular flexibility index (Phi) is 4.07. The first-order valence-electron chi connectivity index (χ1n) is 8.16. The molecule has 1 N–H and O–H groups in total. The molecule has 3 aromatic carbocycles. The zero-order valence-corrected chi connectivity index (χ0v) is 13.8. The second-order valence-electron chi connectivity index (χ2n) is 5.85. The first kappa shape index (κ1) is 15.8. The number of phenolic OH excluding ortho intramolecular Hbond substituents is 1. The van der Waals surface area contributed by atoms with E-state index in [1.165, 1.54) is 0 Å². The molecule has 0 saturated carbocycles. The van der Waals surface area contributed by atoms with E-state index in [-0.39, 0.29) is 11.4 Å². The van der Waals surface area contributed by atoms with Crippen LogP contribution in [0.2, 0.25) is 0 Å². The van der Waals surface area contributed by atoms with Crippen LogP contribution in [0.3, 0.4) is 0 Å². The van der Waals surface area contributed by atoms with Crippen molar-refractivity contribution in [2.75, 3.05) is 0 Å². The third-order valence-electron chi connectivity index (χ3n) is 4.09. The van der Waals surface area contributed by atoms with Crippen molar-refractivity contribution in [3.05, 3.63) is 94.8 Å². The van der Waals surface area contributed by atoms with Crippen LogP contribution in [0.5, 0.6) is 5.75 Å². The molecular weight excluding hydrogens is 326 g/mol. The van der Waals surface area contributed by atoms with Crippen LogP contribution >= 0.6 is 0 Å². The van der Waals surface area contributed by atoms with E-state index in [9.17, 15) is 9.90 Å². The summed E-state index contributed by atoms with van der Waals surface area (Å²) in [5.41, 5.74) is 2.71. The molecule has 0 amide bonds. The second-order valence-corrected chi connectivity index (χ2v) is 5.85. The highest BCUT2D eigenvalue weighted by molar-refractivity contribution is 5.86. The van der Waals surface area contributed by atoms with Gasteiger partial charge in [-0.15, -0.1) is 0 Å². The molecule has 1 aromatic heterocycles. The Labute approximate surface area is 149 Å². The molecule has 0 aliphatic carbocycles. The van der Waals surface area contributed by atoms with E-state index in [1.54, 1.807) is 30.5 Å². The maximum atomic E-state index is 12.3. The lowest BCUT2D eigenvalue weighted by Gasteiger charge is -2.04. The van der Waals surface area contributed by atoms with Crippen molar-refractivity contribution in [1.82, 2.24) is 0 Å². The van der Waals surface area contributed by atoms with Crippen molar-refractivity contribution < 1.29 is 9.52 Å². The normalized spacial score (nSPS) is 11.2. The maximum Gasteiger partial charge on any atom is 0.344 e. The lowest BCUT2D eigenvalue weighted by atomic mass is 10.1. The number of rotatable bonds is 3. The Morgan fingerprint density at radius 1 is 0.885 bits per heavy atom. The number of aliphatic imine (C=N–C) groups is 1. The van der Waals surface area contributed by atoms with Gasteiger partial charge in [0, 0.05) is 17.2 Å². The van der Waals surface area contributed by atoms with Crippen molar-refractivity contribution in [3.63, 3.8) is 0 Å². The summed E-state index contributed by atoms with van der Waals surface area (Å²) in [6, 6.07) is 23.5. The van der Waals surface area contributed by atoms with E-state index in [0.29, 0.717) is 22.4 Å². The van der Waals surface area contributed by atoms with Crippen LogP contribution in [-0.2, 0) is 0 Å². The van der Waals surface area contributed by atoms with Crippen LogP contribution in [0.25, 0.3) is 22.1 Å². The van der Waals surface area contributed by atoms with Gasteiger partial charge in [-0.25, -0.2) is 4.79 Å². The van der Waals surface area contributed by atoms with E-state index >= 15 is 0 Å². The number of nitrogens with zero attached hydrogens (tertiary/aromatic N) is 1. The van der Waals surface area contributed by atoms with E-state index in [1.807, 2.05) is 54.6 Å². The van der Waals surface area contributed by atoms with Crippen molar-refractivity contribution >= 4 is 22.9 Å². The summed E-state index contributed by atoms with van der Waals surface area (Å²) >= 11 is 0. The smallest absolute Gasteiger partial charge is 0.344 e. The van der Waals surface area contributed by atoms with Gasteiger partial charge in [0.15, 0.2) is 0 Å². The minimum Gasteiger partial charge on any atom is -0.507 e. The van der Waals surface area contributed by atoms with Crippen LogP contribution in [-0.4, -0.2) is 11.3 Å². The summed E-state index contributed by atoms with van der Waals surface area (Å²) in [6.07, 6.45) is 1.59. The molecule has 1 heterocycles. The van der Waals surface area contributed by atoms with Gasteiger partial charge in [-0.2, -0.15) is 0 Å². The zero-order chi connectivity index (χ0) is 17.9. The Bertz CT molecular complexity index is 1180. The molecule has 0 fully saturated rings. The lowest BCUT2D eigenvalue weighted by Crippen LogP contribution is -2.02. The van der Waals surface area contributed by atoms with E-state index in [0.717, 1.165) is 10.9 Å². The van der Waals surface area contributed by atoms with Gasteiger partial charge in [0.2, 0.25) is 0 Å². The van der Waals surface area contributed by atoms with Crippen LogP contribution in [0.1, 0.15) is 5.56 Å². The Morgan fingerprint density at radius 2 is 1.69 bits per heavy atom. The average Bonchev–Trinajstić information content (AvgIpc) is 2.67. The van der Waals surface area contributed by atoms with Gasteiger partial charge < -0.3 is 9.52 Å². The molecule has 0 bridgehead atoms. The Balaban J connectivity index is 1.73. The summed E-state index contributed by atoms with van der Waals surface area (Å²) < 4.78 is 5.41. The van der Waals surface area contributed by atoms with Crippen molar-refractivity contribution in [2.45, 2.75) is 0 Å². The van der Waals surface area contributed by atoms with Crippen molar-refractivity contribution in [3.8, 4) is 16.9 Å². The third kappa shape index (κ3) is 3.13. The summed E-state index contributed by atoms with van der Waals surface area (Å²) in [7, 11) is 0. The Morgan fingerprint density at radius 3 is 2.58 bits per heavy atom. The summed E-state index contributed by atoms with van der Waals surface area (Å²) in [4.78, 5) is 16.7. The highest BCUT2D eigenvalue weighted by Gasteiger charge is 2.08. The van der Waals surface area contributed by atoms with Gasteiger partial charge in [-0.3, -0.25) is 4.99 Å². The summed E-state index contributed by atoms with van der Waals surface area (Å²) in [5.74, 6) is 0.169. The van der Waals surface area contributed by atoms with E-state index in [4.69, 9.17) is 4.42 Å². The molecule has 26 heavy (non-hydrogen) atoms. The zero-order valence-electron chi connectivity index (χ0n) is 13.8. The molecule has 0 aliphatic heterocycles. The molecular formula is C22H15NO3. The topological polar surface area (TPSA) is 62.8 Å². The molecule has 0 aliphatic rings. The number of fused-ring (bicyclic) bond motifs is 1. The van der Waals surface area contributed by atoms with Crippen LogP contribution in [0.4, 0.5) is 5.69 Å². The minimum absolute atomic E-state index is 0.169. The van der Waals surface area contributed by atoms with Gasteiger partial charge in [-0.05, 0) is 42.0 Å². The quantitative estimate of drug-likeness (QED) is 0.425. The monoisotopic (exact) mass is 341 g/mol. The van der Waals surface area contributed by atoms with Gasteiger partial charge >= 0.3 is 5.63 Å². The SMILES string of the molecule is O=c1oc2ccccc2cc1-c1cccc(N=Cc2ccccc2O)c1. The first-order chi connectivity index (χ1) is 12.7. The fourth-order valence-corrected chi connectivity index (χ4v) is 2.76.